The SMILES string of the molecule is C1=C(c2ccc3oc4ccccc4c3c2)CCC(N(c2ccc(-c3ccc4ccccc4c3-c3ccccc3)cc2)c2ccc3c(c2)C(c2ccccc2)(c2ccccc2)c2ccccc2-3)=C1. The average molecular weight is 856 g/mol. The van der Waals surface area contributed by atoms with Crippen molar-refractivity contribution >= 4 is 49.7 Å². The number of benzene rings is 10. The van der Waals surface area contributed by atoms with Crippen LogP contribution in [0, 0.1) is 0 Å². The minimum Gasteiger partial charge on any atom is -0.456 e. The minimum atomic E-state index is -0.506. The van der Waals surface area contributed by atoms with Gasteiger partial charge in [0.1, 0.15) is 11.2 Å². The molecule has 0 atom stereocenters. The molecule has 1 aromatic heterocycles. The monoisotopic (exact) mass is 855 g/mol. The van der Waals surface area contributed by atoms with Crippen LogP contribution in [0.3, 0.4) is 0 Å². The van der Waals surface area contributed by atoms with Crippen LogP contribution < -0.4 is 4.90 Å². The second-order valence-electron chi connectivity index (χ2n) is 17.9. The fourth-order valence-corrected chi connectivity index (χ4v) is 11.2. The number of allylic oxidation sites excluding steroid dienone is 4. The number of nitrogens with zero attached hydrogens (tertiary/aromatic N) is 1. The summed E-state index contributed by atoms with van der Waals surface area (Å²) in [6.45, 7) is 0. The molecule has 0 bridgehead atoms. The Bertz CT molecular complexity index is 3690. The van der Waals surface area contributed by atoms with Crippen molar-refractivity contribution in [3.05, 3.63) is 282 Å². The van der Waals surface area contributed by atoms with E-state index in [1.165, 1.54) is 83.2 Å². The van der Waals surface area contributed by atoms with E-state index in [2.05, 4.69) is 248 Å². The topological polar surface area (TPSA) is 16.4 Å². The third kappa shape index (κ3) is 6.32. The highest BCUT2D eigenvalue weighted by atomic mass is 16.3. The molecule has 0 N–H and O–H groups in total. The molecule has 1 heterocycles. The molecule has 0 amide bonds. The van der Waals surface area contributed by atoms with Crippen LogP contribution in [0.2, 0.25) is 0 Å². The predicted octanol–water partition coefficient (Wildman–Crippen LogP) is 17.3. The zero-order chi connectivity index (χ0) is 44.3. The Morgan fingerprint density at radius 3 is 1.75 bits per heavy atom. The van der Waals surface area contributed by atoms with Gasteiger partial charge in [0, 0.05) is 27.8 Å². The molecule has 13 rings (SSSR count). The highest BCUT2D eigenvalue weighted by Crippen LogP contribution is 2.57. The zero-order valence-electron chi connectivity index (χ0n) is 36.9. The molecule has 2 nitrogen and oxygen atoms in total. The van der Waals surface area contributed by atoms with Gasteiger partial charge in [0.05, 0.1) is 5.41 Å². The molecule has 10 aromatic carbocycles. The Balaban J connectivity index is 0.982. The lowest BCUT2D eigenvalue weighted by atomic mass is 9.67. The largest absolute Gasteiger partial charge is 0.456 e. The Morgan fingerprint density at radius 1 is 0.373 bits per heavy atom. The van der Waals surface area contributed by atoms with Crippen molar-refractivity contribution in [1.82, 2.24) is 0 Å². The first-order chi connectivity index (χ1) is 33.2. The van der Waals surface area contributed by atoms with Crippen LogP contribution in [0.4, 0.5) is 11.4 Å². The van der Waals surface area contributed by atoms with Crippen molar-refractivity contribution in [1.29, 1.82) is 0 Å². The molecule has 0 aliphatic heterocycles. The van der Waals surface area contributed by atoms with Crippen LogP contribution in [0.25, 0.3) is 71.7 Å². The minimum absolute atomic E-state index is 0.506. The van der Waals surface area contributed by atoms with E-state index in [4.69, 9.17) is 4.42 Å². The number of hydrogen-bond donors (Lipinski definition) is 0. The molecular weight excluding hydrogens is 811 g/mol. The van der Waals surface area contributed by atoms with Crippen molar-refractivity contribution in [2.75, 3.05) is 4.90 Å². The van der Waals surface area contributed by atoms with Crippen LogP contribution in [0.5, 0.6) is 0 Å². The fourth-order valence-electron chi connectivity index (χ4n) is 11.2. The zero-order valence-corrected chi connectivity index (χ0v) is 36.9. The molecule has 0 radical (unpaired) electrons. The van der Waals surface area contributed by atoms with Gasteiger partial charge in [0.15, 0.2) is 0 Å². The third-order valence-corrected chi connectivity index (χ3v) is 14.3. The summed E-state index contributed by atoms with van der Waals surface area (Å²) in [5.74, 6) is 0. The summed E-state index contributed by atoms with van der Waals surface area (Å²) in [5.41, 5.74) is 20.0. The summed E-state index contributed by atoms with van der Waals surface area (Å²) < 4.78 is 6.21. The van der Waals surface area contributed by atoms with Crippen molar-refractivity contribution in [2.24, 2.45) is 0 Å². The van der Waals surface area contributed by atoms with Crippen molar-refractivity contribution in [3.8, 4) is 33.4 Å². The molecule has 0 spiro atoms. The van der Waals surface area contributed by atoms with Crippen LogP contribution in [-0.4, -0.2) is 0 Å². The first-order valence-electron chi connectivity index (χ1n) is 23.4. The van der Waals surface area contributed by atoms with Gasteiger partial charge in [-0.2, -0.15) is 0 Å². The van der Waals surface area contributed by atoms with Gasteiger partial charge >= 0.3 is 0 Å². The molecule has 2 aliphatic carbocycles. The van der Waals surface area contributed by atoms with E-state index in [9.17, 15) is 0 Å². The lowest BCUT2D eigenvalue weighted by molar-refractivity contribution is 0.669. The number of rotatable bonds is 8. The Hall–Kier alpha value is -8.46. The smallest absolute Gasteiger partial charge is 0.135 e. The number of para-hydroxylation sites is 1. The number of fused-ring (bicyclic) bond motifs is 7. The fraction of sp³-hybridized carbons (Fsp3) is 0.0462. The third-order valence-electron chi connectivity index (χ3n) is 14.3. The van der Waals surface area contributed by atoms with E-state index in [-0.39, 0.29) is 0 Å². The molecule has 11 aromatic rings. The van der Waals surface area contributed by atoms with E-state index >= 15 is 0 Å². The van der Waals surface area contributed by atoms with Gasteiger partial charge in [-0.05, 0) is 139 Å². The standard InChI is InChI=1S/C65H45NO/c1-4-17-47(18-5-1)64-54-23-11-10-16-45(54)32-39-55(64)46-30-36-52(37-31-46)66(51-34-28-44(29-35-51)48-33-41-63-59(42-48)58-25-13-15-27-62(58)67-63)53-38-40-57-56-24-12-14-26-60(56)65(61(57)43-53,49-19-6-2-7-20-49)50-21-8-3-9-22-50/h1-28,30-34,36-43H,29,35H2. The van der Waals surface area contributed by atoms with Crippen molar-refractivity contribution in [3.63, 3.8) is 0 Å². The quantitative estimate of drug-likeness (QED) is 0.151. The maximum atomic E-state index is 6.21. The first-order valence-corrected chi connectivity index (χ1v) is 23.4. The second-order valence-corrected chi connectivity index (χ2v) is 17.9. The van der Waals surface area contributed by atoms with E-state index in [0.717, 1.165) is 46.2 Å². The summed E-state index contributed by atoms with van der Waals surface area (Å²) in [5, 5.41) is 4.81. The van der Waals surface area contributed by atoms with Crippen LogP contribution in [0.15, 0.2) is 259 Å². The lowest BCUT2D eigenvalue weighted by Gasteiger charge is -2.35. The maximum absolute atomic E-state index is 6.21. The maximum Gasteiger partial charge on any atom is 0.135 e. The predicted molar refractivity (Wildman–Crippen MR) is 280 cm³/mol. The lowest BCUT2D eigenvalue weighted by Crippen LogP contribution is -2.29. The van der Waals surface area contributed by atoms with Gasteiger partial charge in [-0.15, -0.1) is 0 Å². The summed E-state index contributed by atoms with van der Waals surface area (Å²) in [7, 11) is 0. The Kier molecular flexibility index (Phi) is 9.25. The summed E-state index contributed by atoms with van der Waals surface area (Å²) in [4.78, 5) is 2.51. The van der Waals surface area contributed by atoms with E-state index in [1.54, 1.807) is 0 Å². The molecular formula is C65H45NO. The molecule has 0 fully saturated rings. The molecule has 0 unspecified atom stereocenters. The van der Waals surface area contributed by atoms with Gasteiger partial charge in [-0.1, -0.05) is 200 Å². The number of anilines is 2. The highest BCUT2D eigenvalue weighted by Gasteiger charge is 2.46. The first kappa shape index (κ1) is 39.0. The van der Waals surface area contributed by atoms with E-state index in [1.807, 2.05) is 6.07 Å². The molecule has 67 heavy (non-hydrogen) atoms. The average Bonchev–Trinajstić information content (AvgIpc) is 3.93. The normalized spacial score (nSPS) is 13.9. The van der Waals surface area contributed by atoms with E-state index in [0.29, 0.717) is 0 Å². The van der Waals surface area contributed by atoms with Gasteiger partial charge in [-0.3, -0.25) is 0 Å². The number of hydrogen-bond acceptors (Lipinski definition) is 2. The van der Waals surface area contributed by atoms with Crippen LogP contribution in [0.1, 0.15) is 40.7 Å². The van der Waals surface area contributed by atoms with Crippen LogP contribution >= 0.6 is 0 Å². The van der Waals surface area contributed by atoms with Gasteiger partial charge < -0.3 is 9.32 Å². The molecule has 2 aliphatic rings. The summed E-state index contributed by atoms with van der Waals surface area (Å²) >= 11 is 0. The second kappa shape index (κ2) is 15.9. The summed E-state index contributed by atoms with van der Waals surface area (Å²) in [6.07, 6.45) is 6.48. The molecule has 0 saturated heterocycles. The Labute approximate surface area is 391 Å². The molecule has 0 saturated carbocycles. The van der Waals surface area contributed by atoms with Gasteiger partial charge in [0.2, 0.25) is 0 Å². The Morgan fingerprint density at radius 2 is 0.985 bits per heavy atom. The van der Waals surface area contributed by atoms with Crippen molar-refractivity contribution < 1.29 is 4.42 Å². The number of furan rings is 1. The summed E-state index contributed by atoms with van der Waals surface area (Å²) in [6, 6.07) is 86.8. The molecule has 316 valence electrons. The van der Waals surface area contributed by atoms with E-state index < -0.39 is 5.41 Å². The van der Waals surface area contributed by atoms with Gasteiger partial charge in [-0.25, -0.2) is 0 Å². The molecule has 2 heteroatoms. The van der Waals surface area contributed by atoms with Gasteiger partial charge in [0.25, 0.3) is 0 Å². The van der Waals surface area contributed by atoms with Crippen LogP contribution in [-0.2, 0) is 5.41 Å². The highest BCUT2D eigenvalue weighted by molar-refractivity contribution is 6.06. The van der Waals surface area contributed by atoms with Crippen molar-refractivity contribution in [2.45, 2.75) is 18.3 Å².